The third-order valence-corrected chi connectivity index (χ3v) is 5.75. The van der Waals surface area contributed by atoms with Gasteiger partial charge >= 0.3 is 6.18 Å². The minimum atomic E-state index is -4.54. The topological polar surface area (TPSA) is 75.8 Å². The lowest BCUT2D eigenvalue weighted by Crippen LogP contribution is -2.48. The van der Waals surface area contributed by atoms with Crippen LogP contribution in [0.5, 0.6) is 5.75 Å². The van der Waals surface area contributed by atoms with Crippen LogP contribution in [-0.4, -0.2) is 48.3 Å². The Kier molecular flexibility index (Phi) is 5.67. The number of aliphatic hydroxyl groups is 1. The summed E-state index contributed by atoms with van der Waals surface area (Å²) in [6.45, 7) is -0.360. The molecule has 5 atom stereocenters. The Bertz CT molecular complexity index is 680. The van der Waals surface area contributed by atoms with Gasteiger partial charge in [0, 0.05) is 19.6 Å². The second-order valence-electron chi connectivity index (χ2n) is 7.61. The maximum Gasteiger partial charge on any atom is 0.419 e. The highest BCUT2D eigenvalue weighted by Gasteiger charge is 2.49. The van der Waals surface area contributed by atoms with Crippen LogP contribution in [-0.2, 0) is 11.0 Å². The van der Waals surface area contributed by atoms with Gasteiger partial charge in [-0.15, -0.1) is 0 Å². The monoisotopic (exact) mass is 386 g/mol. The van der Waals surface area contributed by atoms with Crippen LogP contribution in [0.3, 0.4) is 0 Å². The summed E-state index contributed by atoms with van der Waals surface area (Å²) < 4.78 is 44.1. The van der Waals surface area contributed by atoms with Gasteiger partial charge in [-0.05, 0) is 43.2 Å². The normalized spacial score (nSPS) is 28.2. The van der Waals surface area contributed by atoms with Gasteiger partial charge in [0.15, 0.2) is 0 Å². The highest BCUT2D eigenvalue weighted by atomic mass is 19.4. The molecule has 27 heavy (non-hydrogen) atoms. The molecule has 150 valence electrons. The van der Waals surface area contributed by atoms with Crippen molar-refractivity contribution in [2.45, 2.75) is 37.6 Å². The SMILES string of the molecule is CN(CC(O)COc1ccccc1C(F)(F)F)C(=O)C1C2CCC(C2)C1N. The van der Waals surface area contributed by atoms with Crippen LogP contribution in [0.25, 0.3) is 0 Å². The largest absolute Gasteiger partial charge is 0.490 e. The average molecular weight is 386 g/mol. The molecule has 0 heterocycles. The van der Waals surface area contributed by atoms with Crippen LogP contribution in [0.2, 0.25) is 0 Å². The van der Waals surface area contributed by atoms with Crippen LogP contribution >= 0.6 is 0 Å². The molecule has 3 rings (SSSR count). The van der Waals surface area contributed by atoms with Gasteiger partial charge in [0.25, 0.3) is 0 Å². The first-order valence-corrected chi connectivity index (χ1v) is 9.16. The molecule has 2 aliphatic rings. The number of carbonyl (C=O) groups is 1. The van der Waals surface area contributed by atoms with E-state index in [1.54, 1.807) is 7.05 Å². The Balaban J connectivity index is 1.54. The quantitative estimate of drug-likeness (QED) is 0.787. The van der Waals surface area contributed by atoms with E-state index < -0.39 is 17.8 Å². The highest BCUT2D eigenvalue weighted by molar-refractivity contribution is 5.80. The minimum Gasteiger partial charge on any atom is -0.490 e. The number of hydrogen-bond donors (Lipinski definition) is 2. The molecule has 2 saturated carbocycles. The first kappa shape index (κ1) is 19.9. The van der Waals surface area contributed by atoms with E-state index in [0.29, 0.717) is 11.8 Å². The summed E-state index contributed by atoms with van der Waals surface area (Å²) in [5, 5.41) is 10.1. The molecule has 2 aliphatic carbocycles. The van der Waals surface area contributed by atoms with Gasteiger partial charge in [-0.1, -0.05) is 12.1 Å². The number of benzene rings is 1. The third-order valence-electron chi connectivity index (χ3n) is 5.75. The highest BCUT2D eigenvalue weighted by Crippen LogP contribution is 2.48. The number of amides is 1. The Morgan fingerprint density at radius 3 is 2.63 bits per heavy atom. The first-order valence-electron chi connectivity index (χ1n) is 9.16. The van der Waals surface area contributed by atoms with Gasteiger partial charge in [0.2, 0.25) is 5.91 Å². The number of alkyl halides is 3. The van der Waals surface area contributed by atoms with E-state index >= 15 is 0 Å². The fourth-order valence-corrected chi connectivity index (χ4v) is 4.43. The van der Waals surface area contributed by atoms with E-state index in [-0.39, 0.29) is 36.8 Å². The molecule has 0 saturated heterocycles. The summed E-state index contributed by atoms with van der Waals surface area (Å²) in [4.78, 5) is 14.1. The lowest BCUT2D eigenvalue weighted by Gasteiger charge is -2.31. The zero-order valence-corrected chi connectivity index (χ0v) is 15.2. The number of halogens is 3. The van der Waals surface area contributed by atoms with Crippen molar-refractivity contribution in [3.63, 3.8) is 0 Å². The molecule has 0 aromatic heterocycles. The van der Waals surface area contributed by atoms with Crippen molar-refractivity contribution in [2.24, 2.45) is 23.5 Å². The van der Waals surface area contributed by atoms with Gasteiger partial charge < -0.3 is 20.5 Å². The zero-order chi connectivity index (χ0) is 19.8. The van der Waals surface area contributed by atoms with E-state index in [2.05, 4.69) is 0 Å². The molecule has 0 radical (unpaired) electrons. The number of hydrogen-bond acceptors (Lipinski definition) is 4. The van der Waals surface area contributed by atoms with E-state index in [0.717, 1.165) is 25.3 Å². The first-order chi connectivity index (χ1) is 12.7. The van der Waals surface area contributed by atoms with E-state index in [4.69, 9.17) is 10.5 Å². The van der Waals surface area contributed by atoms with Crippen molar-refractivity contribution in [3.05, 3.63) is 29.8 Å². The maximum absolute atomic E-state index is 13.0. The standard InChI is InChI=1S/C19H25F3N2O3/c1-24(18(26)16-11-6-7-12(8-11)17(16)23)9-13(25)10-27-15-5-3-2-4-14(15)19(20,21)22/h2-5,11-13,16-17,25H,6-10,23H2,1H3. The second kappa shape index (κ2) is 7.67. The second-order valence-corrected chi connectivity index (χ2v) is 7.61. The zero-order valence-electron chi connectivity index (χ0n) is 15.2. The van der Waals surface area contributed by atoms with Crippen molar-refractivity contribution in [1.82, 2.24) is 4.90 Å². The van der Waals surface area contributed by atoms with Crippen molar-refractivity contribution >= 4 is 5.91 Å². The van der Waals surface area contributed by atoms with Gasteiger partial charge in [-0.25, -0.2) is 0 Å². The average Bonchev–Trinajstić information content (AvgIpc) is 3.20. The molecule has 3 N–H and O–H groups in total. The lowest BCUT2D eigenvalue weighted by atomic mass is 9.84. The van der Waals surface area contributed by atoms with Crippen molar-refractivity contribution < 1.29 is 27.8 Å². The molecule has 1 aromatic carbocycles. The maximum atomic E-state index is 13.0. The summed E-state index contributed by atoms with van der Waals surface area (Å²) in [6, 6.07) is 4.69. The Morgan fingerprint density at radius 2 is 2.00 bits per heavy atom. The summed E-state index contributed by atoms with van der Waals surface area (Å²) in [5.74, 6) is 0.0157. The summed E-state index contributed by atoms with van der Waals surface area (Å²) in [6.07, 6.45) is -2.59. The molecule has 1 amide bonds. The molecule has 0 aliphatic heterocycles. The number of rotatable bonds is 6. The number of likely N-dealkylation sites (N-methyl/N-ethyl adjacent to an activating group) is 1. The molecule has 0 spiro atoms. The van der Waals surface area contributed by atoms with Crippen LogP contribution in [0.1, 0.15) is 24.8 Å². The van der Waals surface area contributed by atoms with Crippen molar-refractivity contribution in [2.75, 3.05) is 20.2 Å². The molecule has 2 fully saturated rings. The smallest absolute Gasteiger partial charge is 0.419 e. The lowest BCUT2D eigenvalue weighted by molar-refractivity contribution is -0.139. The fourth-order valence-electron chi connectivity index (χ4n) is 4.43. The van der Waals surface area contributed by atoms with Gasteiger partial charge in [0.1, 0.15) is 18.5 Å². The van der Waals surface area contributed by atoms with E-state index in [1.807, 2.05) is 0 Å². The molecule has 2 bridgehead atoms. The number of nitrogens with zero attached hydrogens (tertiary/aromatic N) is 1. The molecule has 5 unspecified atom stereocenters. The Hall–Kier alpha value is -1.80. The van der Waals surface area contributed by atoms with Gasteiger partial charge in [0.05, 0.1) is 11.5 Å². The predicted molar refractivity (Wildman–Crippen MR) is 92.9 cm³/mol. The van der Waals surface area contributed by atoms with Crippen LogP contribution in [0.15, 0.2) is 24.3 Å². The van der Waals surface area contributed by atoms with Crippen LogP contribution in [0, 0.1) is 17.8 Å². The van der Waals surface area contributed by atoms with Gasteiger partial charge in [-0.2, -0.15) is 13.2 Å². The Morgan fingerprint density at radius 1 is 1.33 bits per heavy atom. The Labute approximate surface area is 156 Å². The molecular formula is C19H25F3N2O3. The summed E-state index contributed by atoms with van der Waals surface area (Å²) in [7, 11) is 1.58. The summed E-state index contributed by atoms with van der Waals surface area (Å²) >= 11 is 0. The number of para-hydroxylation sites is 1. The van der Waals surface area contributed by atoms with Crippen molar-refractivity contribution in [1.29, 1.82) is 0 Å². The molecule has 5 nitrogen and oxygen atoms in total. The number of fused-ring (bicyclic) bond motifs is 2. The number of nitrogens with two attached hydrogens (primary N) is 1. The number of aliphatic hydroxyl groups excluding tert-OH is 1. The van der Waals surface area contributed by atoms with Crippen molar-refractivity contribution in [3.8, 4) is 5.75 Å². The predicted octanol–water partition coefficient (Wildman–Crippen LogP) is 2.28. The summed E-state index contributed by atoms with van der Waals surface area (Å²) in [5.41, 5.74) is 5.29. The van der Waals surface area contributed by atoms with Gasteiger partial charge in [-0.3, -0.25) is 4.79 Å². The number of carbonyl (C=O) groups excluding carboxylic acids is 1. The molecule has 1 aromatic rings. The fraction of sp³-hybridized carbons (Fsp3) is 0.632. The number of ether oxygens (including phenoxy) is 1. The molecular weight excluding hydrogens is 361 g/mol. The van der Waals surface area contributed by atoms with Crippen LogP contribution in [0.4, 0.5) is 13.2 Å². The van der Waals surface area contributed by atoms with Crippen LogP contribution < -0.4 is 10.5 Å². The van der Waals surface area contributed by atoms with E-state index in [1.165, 1.54) is 23.1 Å². The van der Waals surface area contributed by atoms with E-state index in [9.17, 15) is 23.1 Å². The third kappa shape index (κ3) is 4.21. The molecule has 8 heteroatoms. The minimum absolute atomic E-state index is 0.0202.